The second kappa shape index (κ2) is 9.61. The normalized spacial score (nSPS) is 18.1. The van der Waals surface area contributed by atoms with Crippen LogP contribution in [0.4, 0.5) is 0 Å². The van der Waals surface area contributed by atoms with E-state index in [1.807, 2.05) is 38.1 Å². The lowest BCUT2D eigenvalue weighted by Crippen LogP contribution is -2.31. The molecule has 0 aromatic heterocycles. The molecule has 30 heavy (non-hydrogen) atoms. The summed E-state index contributed by atoms with van der Waals surface area (Å²) in [6, 6.07) is 14.1. The van der Waals surface area contributed by atoms with E-state index < -0.39 is 17.7 Å². The molecule has 2 aromatic rings. The molecule has 0 bridgehead atoms. The average molecular weight is 408 g/mol. The molecule has 0 aliphatic carbocycles. The largest absolute Gasteiger partial charge is 0.507 e. The zero-order valence-electron chi connectivity index (χ0n) is 17.9. The second-order valence-electron chi connectivity index (χ2n) is 7.52. The molecule has 5 heteroatoms. The summed E-state index contributed by atoms with van der Waals surface area (Å²) in [5.74, 6) is -0.756. The summed E-state index contributed by atoms with van der Waals surface area (Å²) in [4.78, 5) is 27.6. The van der Waals surface area contributed by atoms with Crippen LogP contribution in [0.2, 0.25) is 0 Å². The number of aryl methyl sites for hydroxylation is 1. The number of aliphatic hydroxyl groups is 1. The lowest BCUT2D eigenvalue weighted by molar-refractivity contribution is -0.139. The molecule has 0 radical (unpaired) electrons. The van der Waals surface area contributed by atoms with Gasteiger partial charge >= 0.3 is 0 Å². The van der Waals surface area contributed by atoms with Crippen LogP contribution < -0.4 is 4.74 Å². The van der Waals surface area contributed by atoms with Crippen LogP contribution in [-0.4, -0.2) is 34.8 Å². The van der Waals surface area contributed by atoms with Crippen LogP contribution in [0.5, 0.6) is 5.75 Å². The summed E-state index contributed by atoms with van der Waals surface area (Å²) >= 11 is 0. The molecule has 5 nitrogen and oxygen atoms in total. The molecule has 1 aliphatic rings. The molecule has 1 amide bonds. The van der Waals surface area contributed by atoms with E-state index in [1.165, 1.54) is 0 Å². The van der Waals surface area contributed by atoms with Crippen molar-refractivity contribution in [3.63, 3.8) is 0 Å². The molecule has 1 atom stereocenters. The average Bonchev–Trinajstić information content (AvgIpc) is 2.99. The first kappa shape index (κ1) is 21.6. The number of unbranched alkanes of at least 4 members (excludes halogenated alkanes) is 2. The SMILES string of the molecule is CCCCCN1C(=O)C(=O)/C(=C(/O)c2cccc(OCC)c2)C1c1ccccc1C. The fourth-order valence-electron chi connectivity index (χ4n) is 3.92. The standard InChI is InChI=1S/C25H29NO4/c1-4-6-9-15-26-22(20-14-8-7-11-17(20)3)21(24(28)25(26)29)23(27)18-12-10-13-19(16-18)30-5-2/h7-8,10-14,16,22,27H,4-6,9,15H2,1-3H3/b23-21+. The van der Waals surface area contributed by atoms with E-state index in [-0.39, 0.29) is 11.3 Å². The van der Waals surface area contributed by atoms with E-state index in [2.05, 4.69) is 6.92 Å². The van der Waals surface area contributed by atoms with Crippen molar-refractivity contribution in [2.24, 2.45) is 0 Å². The van der Waals surface area contributed by atoms with Crippen LogP contribution >= 0.6 is 0 Å². The monoisotopic (exact) mass is 407 g/mol. The van der Waals surface area contributed by atoms with Gasteiger partial charge in [0.2, 0.25) is 0 Å². The van der Waals surface area contributed by atoms with Crippen LogP contribution in [0.15, 0.2) is 54.1 Å². The van der Waals surface area contributed by atoms with E-state index in [0.717, 1.165) is 30.4 Å². The highest BCUT2D eigenvalue weighted by atomic mass is 16.5. The molecule has 1 saturated heterocycles. The quantitative estimate of drug-likeness (QED) is 0.289. The van der Waals surface area contributed by atoms with Gasteiger partial charge in [-0.1, -0.05) is 56.2 Å². The minimum atomic E-state index is -0.640. The summed E-state index contributed by atoms with van der Waals surface area (Å²) in [5.41, 5.74) is 2.43. The number of hydrogen-bond acceptors (Lipinski definition) is 4. The van der Waals surface area contributed by atoms with Crippen LogP contribution in [0.25, 0.3) is 5.76 Å². The molecule has 0 saturated carbocycles. The number of likely N-dealkylation sites (tertiary alicyclic amines) is 1. The van der Waals surface area contributed by atoms with Crippen LogP contribution in [0.1, 0.15) is 55.8 Å². The maximum absolute atomic E-state index is 13.0. The predicted molar refractivity (Wildman–Crippen MR) is 117 cm³/mol. The lowest BCUT2D eigenvalue weighted by Gasteiger charge is -2.26. The van der Waals surface area contributed by atoms with Crippen molar-refractivity contribution in [1.82, 2.24) is 4.90 Å². The Hall–Kier alpha value is -3.08. The highest BCUT2D eigenvalue weighted by molar-refractivity contribution is 6.46. The Morgan fingerprint density at radius 3 is 2.53 bits per heavy atom. The van der Waals surface area contributed by atoms with Crippen LogP contribution in [0, 0.1) is 6.92 Å². The van der Waals surface area contributed by atoms with Gasteiger partial charge in [-0.25, -0.2) is 0 Å². The number of nitrogens with zero attached hydrogens (tertiary/aromatic N) is 1. The number of hydrogen-bond donors (Lipinski definition) is 1. The van der Waals surface area contributed by atoms with Crippen molar-refractivity contribution in [1.29, 1.82) is 0 Å². The van der Waals surface area contributed by atoms with Crippen molar-refractivity contribution in [3.05, 3.63) is 70.8 Å². The summed E-state index contributed by atoms with van der Waals surface area (Å²) in [5, 5.41) is 11.1. The highest BCUT2D eigenvalue weighted by Crippen LogP contribution is 2.40. The number of carbonyl (C=O) groups excluding carboxylic acids is 2. The summed E-state index contributed by atoms with van der Waals surface area (Å²) in [6.45, 7) is 6.91. The number of rotatable bonds is 8. The third kappa shape index (κ3) is 4.25. The van der Waals surface area contributed by atoms with Crippen molar-refractivity contribution in [3.8, 4) is 5.75 Å². The Bertz CT molecular complexity index is 963. The van der Waals surface area contributed by atoms with Gasteiger partial charge in [-0.3, -0.25) is 9.59 Å². The molecule has 2 aromatic carbocycles. The molecular weight excluding hydrogens is 378 g/mol. The lowest BCUT2D eigenvalue weighted by atomic mass is 9.92. The number of ether oxygens (including phenoxy) is 1. The minimum absolute atomic E-state index is 0.138. The number of benzene rings is 2. The first-order valence-electron chi connectivity index (χ1n) is 10.6. The first-order valence-corrected chi connectivity index (χ1v) is 10.6. The number of amides is 1. The molecule has 3 rings (SSSR count). The number of aliphatic hydroxyl groups excluding tert-OH is 1. The number of ketones is 1. The summed E-state index contributed by atoms with van der Waals surface area (Å²) in [7, 11) is 0. The molecule has 1 unspecified atom stereocenters. The summed E-state index contributed by atoms with van der Waals surface area (Å²) in [6.07, 6.45) is 2.80. The molecule has 158 valence electrons. The Morgan fingerprint density at radius 2 is 1.83 bits per heavy atom. The third-order valence-corrected chi connectivity index (χ3v) is 5.44. The van der Waals surface area contributed by atoms with Crippen LogP contribution in [-0.2, 0) is 9.59 Å². The van der Waals surface area contributed by atoms with Crippen molar-refractivity contribution < 1.29 is 19.4 Å². The Labute approximate surface area is 178 Å². The van der Waals surface area contributed by atoms with Gasteiger partial charge in [0, 0.05) is 12.1 Å². The number of Topliss-reactive ketones (excluding diaryl/α,β-unsaturated/α-hetero) is 1. The predicted octanol–water partition coefficient (Wildman–Crippen LogP) is 5.01. The van der Waals surface area contributed by atoms with Gasteiger partial charge in [0.1, 0.15) is 11.5 Å². The van der Waals surface area contributed by atoms with Gasteiger partial charge in [0.25, 0.3) is 11.7 Å². The molecule has 0 spiro atoms. The first-order chi connectivity index (χ1) is 14.5. The zero-order valence-corrected chi connectivity index (χ0v) is 17.9. The van der Waals surface area contributed by atoms with Gasteiger partial charge in [-0.15, -0.1) is 0 Å². The van der Waals surface area contributed by atoms with Crippen LogP contribution in [0.3, 0.4) is 0 Å². The van der Waals surface area contributed by atoms with Crippen molar-refractivity contribution in [2.45, 2.75) is 46.1 Å². The highest BCUT2D eigenvalue weighted by Gasteiger charge is 2.46. The van der Waals surface area contributed by atoms with E-state index in [0.29, 0.717) is 24.5 Å². The topological polar surface area (TPSA) is 66.8 Å². The molecule has 1 aliphatic heterocycles. The van der Waals surface area contributed by atoms with Gasteiger partial charge in [-0.2, -0.15) is 0 Å². The molecule has 1 fully saturated rings. The fourth-order valence-corrected chi connectivity index (χ4v) is 3.92. The van der Waals surface area contributed by atoms with Gasteiger partial charge in [-0.05, 0) is 43.5 Å². The summed E-state index contributed by atoms with van der Waals surface area (Å²) < 4.78 is 5.53. The second-order valence-corrected chi connectivity index (χ2v) is 7.52. The van der Waals surface area contributed by atoms with Gasteiger partial charge in [0.05, 0.1) is 18.2 Å². The Kier molecular flexibility index (Phi) is 6.93. The molecule has 1 N–H and O–H groups in total. The minimum Gasteiger partial charge on any atom is -0.507 e. The molecular formula is C25H29NO4. The van der Waals surface area contributed by atoms with Gasteiger partial charge in [0.15, 0.2) is 0 Å². The van der Waals surface area contributed by atoms with E-state index in [4.69, 9.17) is 4.74 Å². The smallest absolute Gasteiger partial charge is 0.295 e. The van der Waals surface area contributed by atoms with Crippen molar-refractivity contribution in [2.75, 3.05) is 13.2 Å². The fraction of sp³-hybridized carbons (Fsp3) is 0.360. The van der Waals surface area contributed by atoms with Gasteiger partial charge < -0.3 is 14.7 Å². The third-order valence-electron chi connectivity index (χ3n) is 5.44. The van der Waals surface area contributed by atoms with E-state index >= 15 is 0 Å². The molecule has 1 heterocycles. The number of carbonyl (C=O) groups is 2. The van der Waals surface area contributed by atoms with E-state index in [9.17, 15) is 14.7 Å². The van der Waals surface area contributed by atoms with E-state index in [1.54, 1.807) is 29.2 Å². The zero-order chi connectivity index (χ0) is 21.7. The Balaban J connectivity index is 2.13. The Morgan fingerprint density at radius 1 is 1.07 bits per heavy atom. The maximum Gasteiger partial charge on any atom is 0.295 e. The van der Waals surface area contributed by atoms with Crippen molar-refractivity contribution >= 4 is 17.4 Å². The maximum atomic E-state index is 13.0.